The molecule has 10 heteroatoms. The van der Waals surface area contributed by atoms with E-state index in [4.69, 9.17) is 28.2 Å². The van der Waals surface area contributed by atoms with E-state index in [-0.39, 0.29) is 17.7 Å². The monoisotopic (exact) mass is 604 g/mol. The van der Waals surface area contributed by atoms with Gasteiger partial charge in [0.25, 0.3) is 0 Å². The van der Waals surface area contributed by atoms with Crippen LogP contribution in [0.3, 0.4) is 0 Å². The summed E-state index contributed by atoms with van der Waals surface area (Å²) in [5, 5.41) is 1.53. The summed E-state index contributed by atoms with van der Waals surface area (Å²) in [5.41, 5.74) is 1.88. The number of nitrogens with zero attached hydrogens (tertiary/aromatic N) is 4. The van der Waals surface area contributed by atoms with Crippen molar-refractivity contribution in [3.05, 3.63) is 52.5 Å². The van der Waals surface area contributed by atoms with Gasteiger partial charge in [0.1, 0.15) is 0 Å². The van der Waals surface area contributed by atoms with Crippen molar-refractivity contribution < 1.29 is 9.59 Å². The molecule has 0 spiro atoms. The highest BCUT2D eigenvalue weighted by atomic mass is 35.5. The van der Waals surface area contributed by atoms with Crippen molar-refractivity contribution in [2.75, 3.05) is 44.2 Å². The number of fused-ring (bicyclic) bond motifs is 1. The molecule has 2 fully saturated rings. The normalized spacial score (nSPS) is 17.6. The first-order valence-electron chi connectivity index (χ1n) is 13.6. The Labute approximate surface area is 248 Å². The quantitative estimate of drug-likeness (QED) is 0.282. The van der Waals surface area contributed by atoms with Gasteiger partial charge in [0.2, 0.25) is 11.8 Å². The maximum Gasteiger partial charge on any atom is 0.230 e. The number of halogens is 2. The van der Waals surface area contributed by atoms with Gasteiger partial charge in [-0.15, -0.1) is 11.3 Å². The van der Waals surface area contributed by atoms with Crippen LogP contribution in [0.15, 0.2) is 46.8 Å². The summed E-state index contributed by atoms with van der Waals surface area (Å²) in [6.07, 6.45) is 4.55. The van der Waals surface area contributed by atoms with Crippen molar-refractivity contribution >= 4 is 74.0 Å². The third-order valence-electron chi connectivity index (χ3n) is 7.70. The second-order valence-corrected chi connectivity index (χ2v) is 13.7. The zero-order chi connectivity index (χ0) is 27.4. The van der Waals surface area contributed by atoms with Crippen molar-refractivity contribution in [1.29, 1.82) is 0 Å². The summed E-state index contributed by atoms with van der Waals surface area (Å²) in [5.74, 6) is 0.0948. The second kappa shape index (κ2) is 13.2. The third kappa shape index (κ3) is 7.27. The van der Waals surface area contributed by atoms with Crippen molar-refractivity contribution in [1.82, 2.24) is 14.8 Å². The number of amides is 2. The lowest BCUT2D eigenvalue weighted by molar-refractivity contribution is -0.133. The lowest BCUT2D eigenvalue weighted by atomic mass is 9.94. The second-order valence-electron chi connectivity index (χ2n) is 10.3. The highest BCUT2D eigenvalue weighted by Gasteiger charge is 2.30. The van der Waals surface area contributed by atoms with Crippen molar-refractivity contribution in [2.45, 2.75) is 48.6 Å². The van der Waals surface area contributed by atoms with Crippen LogP contribution in [0.2, 0.25) is 10.0 Å². The molecule has 5 rings (SSSR count). The largest absolute Gasteiger partial charge is 0.343 e. The van der Waals surface area contributed by atoms with Gasteiger partial charge in [0.05, 0.1) is 20.3 Å². The lowest BCUT2D eigenvalue weighted by Crippen LogP contribution is -2.45. The standard InChI is InChI=1S/C29H34Cl2N4O2S2/c1-20(36)34-17-9-21(10-18-34)28(37)35(22-7-8-24(30)25(31)19-22)14-4-13-33-15-11-23(12-16-33)38-29-32-26-5-2-3-6-27(26)39-29/h2-3,5-8,19,21,23H,4,9-18H2,1H3. The van der Waals surface area contributed by atoms with Gasteiger partial charge in [-0.25, -0.2) is 4.98 Å². The number of carbonyl (C=O) groups excluding carboxylic acids is 2. The maximum absolute atomic E-state index is 13.7. The van der Waals surface area contributed by atoms with Crippen LogP contribution in [0, 0.1) is 5.92 Å². The Morgan fingerprint density at radius 2 is 1.77 bits per heavy atom. The molecule has 6 nitrogen and oxygen atoms in total. The lowest BCUT2D eigenvalue weighted by Gasteiger charge is -2.35. The fourth-order valence-corrected chi connectivity index (χ4v) is 8.17. The number of benzene rings is 2. The Bertz CT molecular complexity index is 1270. The fourth-order valence-electron chi connectivity index (χ4n) is 5.43. The first-order chi connectivity index (χ1) is 18.9. The molecule has 0 unspecified atom stereocenters. The minimum absolute atomic E-state index is 0.0736. The van der Waals surface area contributed by atoms with Crippen LogP contribution in [0.4, 0.5) is 5.69 Å². The topological polar surface area (TPSA) is 56.8 Å². The number of hydrogen-bond donors (Lipinski definition) is 0. The zero-order valence-electron chi connectivity index (χ0n) is 22.2. The summed E-state index contributed by atoms with van der Waals surface area (Å²) in [4.78, 5) is 36.4. The van der Waals surface area contributed by atoms with Gasteiger partial charge in [-0.1, -0.05) is 47.1 Å². The molecule has 208 valence electrons. The van der Waals surface area contributed by atoms with E-state index in [2.05, 4.69) is 23.1 Å². The number of anilines is 1. The molecule has 2 amide bonds. The number of rotatable bonds is 8. The van der Waals surface area contributed by atoms with E-state index in [0.717, 1.165) is 50.1 Å². The third-order valence-corrected chi connectivity index (χ3v) is 10.9. The van der Waals surface area contributed by atoms with Crippen LogP contribution >= 0.6 is 46.3 Å². The number of thioether (sulfide) groups is 1. The summed E-state index contributed by atoms with van der Waals surface area (Å²) in [7, 11) is 0. The summed E-state index contributed by atoms with van der Waals surface area (Å²) in [6, 6.07) is 13.8. The Hall–Kier alpha value is -1.84. The molecule has 2 aromatic carbocycles. The van der Waals surface area contributed by atoms with E-state index in [0.29, 0.717) is 47.8 Å². The van der Waals surface area contributed by atoms with Crippen LogP contribution < -0.4 is 4.90 Å². The molecule has 3 aromatic rings. The van der Waals surface area contributed by atoms with E-state index in [1.165, 1.54) is 9.04 Å². The SMILES string of the molecule is CC(=O)N1CCC(C(=O)N(CCCN2CCC(Sc3nc4ccccc4s3)CC2)c2ccc(Cl)c(Cl)c2)CC1. The van der Waals surface area contributed by atoms with Crippen molar-refractivity contribution in [2.24, 2.45) is 5.92 Å². The number of likely N-dealkylation sites (tertiary alicyclic amines) is 2. The molecule has 0 aliphatic carbocycles. The minimum atomic E-state index is -0.0923. The van der Waals surface area contributed by atoms with Crippen LogP contribution in [0.1, 0.15) is 39.0 Å². The van der Waals surface area contributed by atoms with Gasteiger partial charge >= 0.3 is 0 Å². The number of thiazole rings is 1. The summed E-state index contributed by atoms with van der Waals surface area (Å²) in [6.45, 7) is 6.55. The number of carbonyl (C=O) groups is 2. The van der Waals surface area contributed by atoms with Gasteiger partial charge in [0, 0.05) is 43.4 Å². The van der Waals surface area contributed by atoms with Gasteiger partial charge < -0.3 is 14.7 Å². The maximum atomic E-state index is 13.7. The van der Waals surface area contributed by atoms with Crippen molar-refractivity contribution in [3.8, 4) is 0 Å². The zero-order valence-corrected chi connectivity index (χ0v) is 25.3. The Kier molecular flexibility index (Phi) is 9.72. The van der Waals surface area contributed by atoms with Crippen molar-refractivity contribution in [3.63, 3.8) is 0 Å². The fraction of sp³-hybridized carbons (Fsp3) is 0.483. The molecule has 0 bridgehead atoms. The van der Waals surface area contributed by atoms with E-state index >= 15 is 0 Å². The molecule has 2 aliphatic heterocycles. The molecule has 39 heavy (non-hydrogen) atoms. The molecule has 0 N–H and O–H groups in total. The summed E-state index contributed by atoms with van der Waals surface area (Å²) >= 11 is 16.2. The highest BCUT2D eigenvalue weighted by molar-refractivity contribution is 8.01. The number of piperidine rings is 2. The van der Waals surface area contributed by atoms with Crippen LogP contribution in [0.5, 0.6) is 0 Å². The molecule has 0 atom stereocenters. The molecular formula is C29H34Cl2N4O2S2. The number of aromatic nitrogens is 1. The molecule has 1 aromatic heterocycles. The molecule has 2 aliphatic rings. The molecular weight excluding hydrogens is 571 g/mol. The molecule has 0 radical (unpaired) electrons. The van der Waals surface area contributed by atoms with Gasteiger partial charge in [-0.3, -0.25) is 9.59 Å². The highest BCUT2D eigenvalue weighted by Crippen LogP contribution is 2.36. The Balaban J connectivity index is 1.14. The first-order valence-corrected chi connectivity index (χ1v) is 16.1. The van der Waals surface area contributed by atoms with E-state index in [1.54, 1.807) is 30.4 Å². The average molecular weight is 606 g/mol. The number of para-hydroxylation sites is 1. The Morgan fingerprint density at radius 1 is 1.03 bits per heavy atom. The predicted molar refractivity (Wildman–Crippen MR) is 163 cm³/mol. The van der Waals surface area contributed by atoms with E-state index in [9.17, 15) is 9.59 Å². The Morgan fingerprint density at radius 3 is 2.46 bits per heavy atom. The van der Waals surface area contributed by atoms with Gasteiger partial charge in [-0.05, 0) is 82.1 Å². The van der Waals surface area contributed by atoms with E-state index in [1.807, 2.05) is 33.7 Å². The minimum Gasteiger partial charge on any atom is -0.343 e. The van der Waals surface area contributed by atoms with Crippen LogP contribution in [-0.4, -0.2) is 71.1 Å². The van der Waals surface area contributed by atoms with Crippen LogP contribution in [-0.2, 0) is 9.59 Å². The predicted octanol–water partition coefficient (Wildman–Crippen LogP) is 6.84. The summed E-state index contributed by atoms with van der Waals surface area (Å²) < 4.78 is 2.42. The number of hydrogen-bond acceptors (Lipinski definition) is 6. The van der Waals surface area contributed by atoms with Gasteiger partial charge in [-0.2, -0.15) is 0 Å². The average Bonchev–Trinajstić information content (AvgIpc) is 3.36. The first kappa shape index (κ1) is 28.7. The van der Waals surface area contributed by atoms with Gasteiger partial charge in [0.15, 0.2) is 4.34 Å². The molecule has 3 heterocycles. The molecule has 2 saturated heterocycles. The molecule has 0 saturated carbocycles. The smallest absolute Gasteiger partial charge is 0.230 e. The van der Waals surface area contributed by atoms with Crippen LogP contribution in [0.25, 0.3) is 10.2 Å². The van der Waals surface area contributed by atoms with E-state index < -0.39 is 0 Å².